The summed E-state index contributed by atoms with van der Waals surface area (Å²) in [6, 6.07) is 9.37. The van der Waals surface area contributed by atoms with E-state index in [1.807, 2.05) is 19.9 Å². The highest BCUT2D eigenvalue weighted by atomic mass is 35.5. The molecular weight excluding hydrogens is 345 g/mol. The molecule has 0 saturated heterocycles. The fourth-order valence-electron chi connectivity index (χ4n) is 2.21. The summed E-state index contributed by atoms with van der Waals surface area (Å²) in [6.45, 7) is 3.27. The molecule has 2 rings (SSSR count). The van der Waals surface area contributed by atoms with Crippen LogP contribution in [0.25, 0.3) is 6.08 Å². The average Bonchev–Trinajstić information content (AvgIpc) is 2.54. The van der Waals surface area contributed by atoms with Gasteiger partial charge in [-0.3, -0.25) is 4.79 Å². The molecule has 2 aromatic rings. The molecule has 1 N–H and O–H groups in total. The van der Waals surface area contributed by atoms with Crippen LogP contribution in [0.15, 0.2) is 42.5 Å². The Balaban J connectivity index is 1.88. The standard InChI is InChI=1S/C19H17ClFNO3/c1-12-8-13(2)19(16(20)9-12)22-17(23)11-25-18(24)7-6-14-4-3-5-15(21)10-14/h3-10H,11H2,1-2H3,(H,22,23)/b7-6+. The Morgan fingerprint density at radius 2 is 2.00 bits per heavy atom. The first-order valence-corrected chi connectivity index (χ1v) is 7.90. The van der Waals surface area contributed by atoms with Crippen molar-refractivity contribution in [1.29, 1.82) is 0 Å². The van der Waals surface area contributed by atoms with Crippen LogP contribution in [0.4, 0.5) is 10.1 Å². The minimum absolute atomic E-state index is 0.403. The zero-order chi connectivity index (χ0) is 18.4. The molecule has 0 unspecified atom stereocenters. The van der Waals surface area contributed by atoms with Crippen molar-refractivity contribution in [2.24, 2.45) is 0 Å². The molecule has 0 atom stereocenters. The third kappa shape index (κ3) is 5.72. The quantitative estimate of drug-likeness (QED) is 0.638. The lowest BCUT2D eigenvalue weighted by atomic mass is 10.1. The first kappa shape index (κ1) is 18.7. The summed E-state index contributed by atoms with van der Waals surface area (Å²) < 4.78 is 17.9. The van der Waals surface area contributed by atoms with Crippen LogP contribution >= 0.6 is 11.6 Å². The number of hydrogen-bond acceptors (Lipinski definition) is 3. The second-order valence-corrected chi connectivity index (χ2v) is 5.89. The van der Waals surface area contributed by atoms with Gasteiger partial charge in [-0.05, 0) is 54.8 Å². The molecule has 0 aliphatic carbocycles. The number of rotatable bonds is 5. The van der Waals surface area contributed by atoms with Crippen LogP contribution in [-0.4, -0.2) is 18.5 Å². The molecule has 0 fully saturated rings. The smallest absolute Gasteiger partial charge is 0.331 e. The second-order valence-electron chi connectivity index (χ2n) is 5.48. The molecule has 0 saturated carbocycles. The summed E-state index contributed by atoms with van der Waals surface area (Å²) in [7, 11) is 0. The molecule has 0 aliphatic heterocycles. The molecule has 1 amide bonds. The highest BCUT2D eigenvalue weighted by Gasteiger charge is 2.11. The van der Waals surface area contributed by atoms with E-state index in [0.717, 1.165) is 17.2 Å². The number of hydrogen-bond donors (Lipinski definition) is 1. The van der Waals surface area contributed by atoms with E-state index >= 15 is 0 Å². The minimum Gasteiger partial charge on any atom is -0.452 e. The SMILES string of the molecule is Cc1cc(C)c(NC(=O)COC(=O)/C=C/c2cccc(F)c2)c(Cl)c1. The van der Waals surface area contributed by atoms with E-state index in [1.54, 1.807) is 12.1 Å². The van der Waals surface area contributed by atoms with Gasteiger partial charge in [-0.1, -0.05) is 29.8 Å². The first-order chi connectivity index (χ1) is 11.8. The van der Waals surface area contributed by atoms with Crippen molar-refractivity contribution in [2.75, 3.05) is 11.9 Å². The summed E-state index contributed by atoms with van der Waals surface area (Å²) >= 11 is 6.11. The molecule has 0 aliphatic rings. The molecule has 2 aromatic carbocycles. The largest absolute Gasteiger partial charge is 0.452 e. The van der Waals surface area contributed by atoms with Crippen molar-refractivity contribution in [2.45, 2.75) is 13.8 Å². The maximum absolute atomic E-state index is 13.0. The van der Waals surface area contributed by atoms with Crippen LogP contribution in [0.5, 0.6) is 0 Å². The van der Waals surface area contributed by atoms with Gasteiger partial charge in [-0.15, -0.1) is 0 Å². The number of ether oxygens (including phenoxy) is 1. The molecular formula is C19H17ClFNO3. The third-order valence-electron chi connectivity index (χ3n) is 3.30. The molecule has 130 valence electrons. The molecule has 0 aromatic heterocycles. The molecule has 25 heavy (non-hydrogen) atoms. The zero-order valence-corrected chi connectivity index (χ0v) is 14.6. The normalized spacial score (nSPS) is 10.7. The van der Waals surface area contributed by atoms with Gasteiger partial charge in [0.1, 0.15) is 5.82 Å². The topological polar surface area (TPSA) is 55.4 Å². The summed E-state index contributed by atoms with van der Waals surface area (Å²) in [5, 5.41) is 3.04. The Bertz CT molecular complexity index is 810. The van der Waals surface area contributed by atoms with Crippen molar-refractivity contribution in [3.63, 3.8) is 0 Å². The van der Waals surface area contributed by atoms with E-state index in [9.17, 15) is 14.0 Å². The zero-order valence-electron chi connectivity index (χ0n) is 13.8. The average molecular weight is 362 g/mol. The van der Waals surface area contributed by atoms with E-state index in [0.29, 0.717) is 16.3 Å². The number of aryl methyl sites for hydroxylation is 2. The van der Waals surface area contributed by atoms with Gasteiger partial charge in [-0.25, -0.2) is 9.18 Å². The van der Waals surface area contributed by atoms with Crippen molar-refractivity contribution in [1.82, 2.24) is 0 Å². The molecule has 0 bridgehead atoms. The van der Waals surface area contributed by atoms with Gasteiger partial charge in [0, 0.05) is 6.08 Å². The number of carbonyl (C=O) groups is 2. The number of esters is 1. The van der Waals surface area contributed by atoms with Crippen LogP contribution in [-0.2, 0) is 14.3 Å². The van der Waals surface area contributed by atoms with E-state index in [1.165, 1.54) is 24.3 Å². The van der Waals surface area contributed by atoms with Gasteiger partial charge in [0.05, 0.1) is 10.7 Å². The Labute approximate surface area is 150 Å². The Morgan fingerprint density at radius 1 is 1.24 bits per heavy atom. The summed E-state index contributed by atoms with van der Waals surface area (Å²) in [5.41, 5.74) is 2.80. The van der Waals surface area contributed by atoms with E-state index in [4.69, 9.17) is 16.3 Å². The fourth-order valence-corrected chi connectivity index (χ4v) is 2.58. The Morgan fingerprint density at radius 3 is 2.68 bits per heavy atom. The van der Waals surface area contributed by atoms with E-state index < -0.39 is 24.3 Å². The number of anilines is 1. The summed E-state index contributed by atoms with van der Waals surface area (Å²) in [4.78, 5) is 23.5. The highest BCUT2D eigenvalue weighted by molar-refractivity contribution is 6.34. The number of nitrogens with one attached hydrogen (secondary N) is 1. The van der Waals surface area contributed by atoms with Crippen molar-refractivity contribution in [3.8, 4) is 0 Å². The van der Waals surface area contributed by atoms with E-state index in [-0.39, 0.29) is 0 Å². The highest BCUT2D eigenvalue weighted by Crippen LogP contribution is 2.27. The Hall–Kier alpha value is -2.66. The van der Waals surface area contributed by atoms with Gasteiger partial charge in [0.15, 0.2) is 6.61 Å². The molecule has 0 heterocycles. The van der Waals surface area contributed by atoms with Crippen LogP contribution in [0.2, 0.25) is 5.02 Å². The molecule has 0 radical (unpaired) electrons. The number of halogens is 2. The number of benzene rings is 2. The van der Waals surface area contributed by atoms with Gasteiger partial charge in [-0.2, -0.15) is 0 Å². The molecule has 0 spiro atoms. The molecule has 6 heteroatoms. The Kier molecular flexibility index (Phi) is 6.31. The monoisotopic (exact) mass is 361 g/mol. The first-order valence-electron chi connectivity index (χ1n) is 7.52. The predicted molar refractivity (Wildman–Crippen MR) is 95.9 cm³/mol. The molecule has 4 nitrogen and oxygen atoms in total. The lowest BCUT2D eigenvalue weighted by molar-refractivity contribution is -0.142. The van der Waals surface area contributed by atoms with Crippen molar-refractivity contribution >= 4 is 35.2 Å². The van der Waals surface area contributed by atoms with Gasteiger partial charge >= 0.3 is 5.97 Å². The van der Waals surface area contributed by atoms with E-state index in [2.05, 4.69) is 5.32 Å². The van der Waals surface area contributed by atoms with Crippen LogP contribution in [0, 0.1) is 19.7 Å². The van der Waals surface area contributed by atoms with Gasteiger partial charge < -0.3 is 10.1 Å². The fraction of sp³-hybridized carbons (Fsp3) is 0.158. The number of carbonyl (C=O) groups excluding carboxylic acids is 2. The van der Waals surface area contributed by atoms with Crippen LogP contribution in [0.1, 0.15) is 16.7 Å². The van der Waals surface area contributed by atoms with Gasteiger partial charge in [0.2, 0.25) is 0 Å². The van der Waals surface area contributed by atoms with Crippen molar-refractivity contribution in [3.05, 3.63) is 70.0 Å². The maximum Gasteiger partial charge on any atom is 0.331 e. The van der Waals surface area contributed by atoms with Crippen LogP contribution in [0.3, 0.4) is 0 Å². The maximum atomic E-state index is 13.0. The second kappa shape index (κ2) is 8.44. The van der Waals surface area contributed by atoms with Crippen LogP contribution < -0.4 is 5.32 Å². The third-order valence-corrected chi connectivity index (χ3v) is 3.60. The lowest BCUT2D eigenvalue weighted by Crippen LogP contribution is -2.20. The lowest BCUT2D eigenvalue weighted by Gasteiger charge is -2.11. The summed E-state index contributed by atoms with van der Waals surface area (Å²) in [6.07, 6.45) is 2.54. The summed E-state index contributed by atoms with van der Waals surface area (Å²) in [5.74, 6) is -1.60. The van der Waals surface area contributed by atoms with Gasteiger partial charge in [0.25, 0.3) is 5.91 Å². The van der Waals surface area contributed by atoms with Crippen molar-refractivity contribution < 1.29 is 18.7 Å². The predicted octanol–water partition coefficient (Wildman–Crippen LogP) is 4.29. The number of amides is 1. The minimum atomic E-state index is -0.703.